The van der Waals surface area contributed by atoms with E-state index in [1.54, 1.807) is 0 Å². The van der Waals surface area contributed by atoms with Gasteiger partial charge in [-0.05, 0) is 18.9 Å². The summed E-state index contributed by atoms with van der Waals surface area (Å²) in [6.45, 7) is 5.62. The molecule has 0 saturated heterocycles. The summed E-state index contributed by atoms with van der Waals surface area (Å²) in [6.07, 6.45) is 1.98. The molecular weight excluding hydrogens is 172 g/mol. The normalized spacial score (nSPS) is 9.79. The van der Waals surface area contributed by atoms with Gasteiger partial charge in [-0.3, -0.25) is 4.79 Å². The van der Waals surface area contributed by atoms with E-state index in [1.165, 1.54) is 5.56 Å². The highest BCUT2D eigenvalue weighted by Crippen LogP contribution is 2.06. The maximum atomic E-state index is 11.4. The van der Waals surface area contributed by atoms with Crippen LogP contribution in [0, 0.1) is 0 Å². The second-order valence-corrected chi connectivity index (χ2v) is 3.66. The number of hydrogen-bond donors (Lipinski definition) is 0. The summed E-state index contributed by atoms with van der Waals surface area (Å²) in [5.41, 5.74) is 2.17. The molecule has 0 heterocycles. The highest BCUT2D eigenvalue weighted by Gasteiger charge is 2.02. The molecule has 1 aromatic rings. The quantitative estimate of drug-likeness (QED) is 0.649. The van der Waals surface area contributed by atoms with Gasteiger partial charge in [-0.2, -0.15) is 0 Å². The first-order chi connectivity index (χ1) is 6.68. The van der Waals surface area contributed by atoms with Gasteiger partial charge in [0.2, 0.25) is 0 Å². The van der Waals surface area contributed by atoms with Gasteiger partial charge in [0.25, 0.3) is 0 Å². The molecule has 1 rings (SSSR count). The van der Waals surface area contributed by atoms with E-state index in [0.717, 1.165) is 12.0 Å². The first kappa shape index (κ1) is 10.7. The topological polar surface area (TPSA) is 17.1 Å². The van der Waals surface area contributed by atoms with Gasteiger partial charge in [-0.15, -0.1) is 0 Å². The zero-order chi connectivity index (χ0) is 10.4. The van der Waals surface area contributed by atoms with Crippen molar-refractivity contribution < 1.29 is 4.79 Å². The summed E-state index contributed by atoms with van der Waals surface area (Å²) >= 11 is 0. The lowest BCUT2D eigenvalue weighted by Gasteiger charge is -2.00. The van der Waals surface area contributed by atoms with Crippen LogP contribution in [0.4, 0.5) is 0 Å². The van der Waals surface area contributed by atoms with Crippen molar-refractivity contribution >= 4 is 5.78 Å². The monoisotopic (exact) mass is 188 g/mol. The maximum Gasteiger partial charge on any atom is 0.137 e. The van der Waals surface area contributed by atoms with Gasteiger partial charge in [0.1, 0.15) is 5.78 Å². The Morgan fingerprint density at radius 1 is 1.29 bits per heavy atom. The Kier molecular flexibility index (Phi) is 4.11. The van der Waals surface area contributed by atoms with Gasteiger partial charge in [0.05, 0.1) is 0 Å². The minimum absolute atomic E-state index is 0.279. The highest BCUT2D eigenvalue weighted by molar-refractivity contribution is 5.80. The maximum absolute atomic E-state index is 11.4. The van der Waals surface area contributed by atoms with E-state index in [2.05, 4.69) is 6.58 Å². The number of allylic oxidation sites excluding steroid dienone is 1. The van der Waals surface area contributed by atoms with Crippen molar-refractivity contribution in [2.24, 2.45) is 0 Å². The molecule has 0 aliphatic rings. The Morgan fingerprint density at radius 2 is 1.93 bits per heavy atom. The van der Waals surface area contributed by atoms with Gasteiger partial charge >= 0.3 is 0 Å². The van der Waals surface area contributed by atoms with Crippen LogP contribution in [0.1, 0.15) is 25.3 Å². The van der Waals surface area contributed by atoms with Crippen LogP contribution in [0.3, 0.4) is 0 Å². The van der Waals surface area contributed by atoms with Crippen molar-refractivity contribution in [1.29, 1.82) is 0 Å². The van der Waals surface area contributed by atoms with Crippen molar-refractivity contribution in [2.75, 3.05) is 0 Å². The second kappa shape index (κ2) is 5.38. The molecule has 0 aliphatic heterocycles. The van der Waals surface area contributed by atoms with E-state index in [1.807, 2.05) is 37.3 Å². The second-order valence-electron chi connectivity index (χ2n) is 3.66. The van der Waals surface area contributed by atoms with Crippen LogP contribution in [0.15, 0.2) is 42.5 Å². The molecule has 0 fully saturated rings. The van der Waals surface area contributed by atoms with E-state index in [9.17, 15) is 4.79 Å². The molecule has 1 heteroatoms. The number of carbonyl (C=O) groups excluding carboxylic acids is 1. The Morgan fingerprint density at radius 3 is 2.50 bits per heavy atom. The van der Waals surface area contributed by atoms with Crippen LogP contribution >= 0.6 is 0 Å². The van der Waals surface area contributed by atoms with Crippen LogP contribution in [-0.4, -0.2) is 5.78 Å². The molecule has 0 N–H and O–H groups in total. The van der Waals surface area contributed by atoms with Crippen LogP contribution in [-0.2, 0) is 11.2 Å². The average Bonchev–Trinajstić information content (AvgIpc) is 2.15. The Hall–Kier alpha value is -1.37. The van der Waals surface area contributed by atoms with E-state index in [-0.39, 0.29) is 5.78 Å². The standard InChI is InChI=1S/C13H16O/c1-11(2)10-13(14)9-8-12-6-4-3-5-7-12/h3-7H,1,8-10H2,2H3. The summed E-state index contributed by atoms with van der Waals surface area (Å²) in [5.74, 6) is 0.279. The molecular formula is C13H16O. The fourth-order valence-electron chi connectivity index (χ4n) is 1.35. The number of aryl methyl sites for hydroxylation is 1. The summed E-state index contributed by atoms with van der Waals surface area (Å²) in [6, 6.07) is 10.1. The number of benzene rings is 1. The van der Waals surface area contributed by atoms with Crippen LogP contribution in [0.2, 0.25) is 0 Å². The molecule has 0 saturated carbocycles. The predicted octanol–water partition coefficient (Wildman–Crippen LogP) is 3.15. The third-order valence-electron chi connectivity index (χ3n) is 2.03. The fraction of sp³-hybridized carbons (Fsp3) is 0.308. The lowest BCUT2D eigenvalue weighted by atomic mass is 10.0. The van der Waals surface area contributed by atoms with Crippen molar-refractivity contribution in [3.63, 3.8) is 0 Å². The first-order valence-corrected chi connectivity index (χ1v) is 4.88. The Balaban J connectivity index is 2.34. The van der Waals surface area contributed by atoms with Crippen molar-refractivity contribution in [3.05, 3.63) is 48.0 Å². The first-order valence-electron chi connectivity index (χ1n) is 4.88. The number of carbonyl (C=O) groups is 1. The van der Waals surface area contributed by atoms with Crippen molar-refractivity contribution in [3.8, 4) is 0 Å². The fourth-order valence-corrected chi connectivity index (χ4v) is 1.35. The minimum atomic E-state index is 0.279. The SMILES string of the molecule is C=C(C)CC(=O)CCc1ccccc1. The summed E-state index contributed by atoms with van der Waals surface area (Å²) in [5, 5.41) is 0. The largest absolute Gasteiger partial charge is 0.299 e. The third kappa shape index (κ3) is 4.04. The van der Waals surface area contributed by atoms with E-state index < -0.39 is 0 Å². The van der Waals surface area contributed by atoms with Gasteiger partial charge in [-0.1, -0.05) is 42.5 Å². The van der Waals surface area contributed by atoms with Crippen LogP contribution in [0.25, 0.3) is 0 Å². The number of rotatable bonds is 5. The minimum Gasteiger partial charge on any atom is -0.299 e. The van der Waals surface area contributed by atoms with Crippen LogP contribution in [0.5, 0.6) is 0 Å². The molecule has 0 atom stereocenters. The molecule has 0 amide bonds. The Labute approximate surface area is 85.5 Å². The van der Waals surface area contributed by atoms with Gasteiger partial charge < -0.3 is 0 Å². The highest BCUT2D eigenvalue weighted by atomic mass is 16.1. The molecule has 74 valence electrons. The number of Topliss-reactive ketones (excluding diaryl/α,β-unsaturated/α-hetero) is 1. The summed E-state index contributed by atoms with van der Waals surface area (Å²) in [4.78, 5) is 11.4. The molecule has 0 spiro atoms. The molecule has 1 nitrogen and oxygen atoms in total. The summed E-state index contributed by atoms with van der Waals surface area (Å²) < 4.78 is 0. The predicted molar refractivity (Wildman–Crippen MR) is 59.2 cm³/mol. The van der Waals surface area contributed by atoms with Gasteiger partial charge in [0.15, 0.2) is 0 Å². The molecule has 1 aromatic carbocycles. The third-order valence-corrected chi connectivity index (χ3v) is 2.03. The van der Waals surface area contributed by atoms with Gasteiger partial charge in [0, 0.05) is 12.8 Å². The van der Waals surface area contributed by atoms with Crippen molar-refractivity contribution in [2.45, 2.75) is 26.2 Å². The molecule has 0 aromatic heterocycles. The lowest BCUT2D eigenvalue weighted by Crippen LogP contribution is -2.00. The Bertz CT molecular complexity index is 311. The van der Waals surface area contributed by atoms with Gasteiger partial charge in [-0.25, -0.2) is 0 Å². The molecule has 0 unspecified atom stereocenters. The zero-order valence-electron chi connectivity index (χ0n) is 8.62. The number of hydrogen-bond acceptors (Lipinski definition) is 1. The average molecular weight is 188 g/mol. The molecule has 0 radical (unpaired) electrons. The smallest absolute Gasteiger partial charge is 0.137 e. The van der Waals surface area contributed by atoms with Crippen molar-refractivity contribution in [1.82, 2.24) is 0 Å². The zero-order valence-corrected chi connectivity index (χ0v) is 8.62. The van der Waals surface area contributed by atoms with E-state index in [4.69, 9.17) is 0 Å². The number of ketones is 1. The van der Waals surface area contributed by atoms with Crippen LogP contribution < -0.4 is 0 Å². The van der Waals surface area contributed by atoms with E-state index >= 15 is 0 Å². The summed E-state index contributed by atoms with van der Waals surface area (Å²) in [7, 11) is 0. The van der Waals surface area contributed by atoms with E-state index in [0.29, 0.717) is 12.8 Å². The molecule has 0 bridgehead atoms. The molecule has 0 aliphatic carbocycles. The molecule has 14 heavy (non-hydrogen) atoms. The lowest BCUT2D eigenvalue weighted by molar-refractivity contribution is -0.118.